The number of benzene rings is 1. The van der Waals surface area contributed by atoms with Crippen molar-refractivity contribution < 1.29 is 4.92 Å². The molecule has 0 heterocycles. The minimum Gasteiger partial charge on any atom is -0.329 e. The van der Waals surface area contributed by atoms with Gasteiger partial charge in [-0.1, -0.05) is 12.1 Å². The highest BCUT2D eigenvalue weighted by molar-refractivity contribution is 5.33. The van der Waals surface area contributed by atoms with Crippen molar-refractivity contribution >= 4 is 5.69 Å². The first-order chi connectivity index (χ1) is 6.63. The van der Waals surface area contributed by atoms with Crippen LogP contribution in [0.5, 0.6) is 0 Å². The second-order valence-corrected chi connectivity index (χ2v) is 3.12. The smallest absolute Gasteiger partial charge is 0.269 e. The minimum atomic E-state index is -0.424. The molecule has 1 aromatic carbocycles. The lowest BCUT2D eigenvalue weighted by Crippen LogP contribution is -2.31. The van der Waals surface area contributed by atoms with Crippen LogP contribution >= 0.6 is 0 Å². The standard InChI is InChI=1S/C9H13N3O2/c10-6-8(11)5-7-1-3-9(4-2-7)12(13)14/h1-4,8H,5-6,10-11H2/t8-/m0/s1. The molecule has 5 heteroatoms. The van der Waals surface area contributed by atoms with E-state index in [4.69, 9.17) is 11.5 Å². The van der Waals surface area contributed by atoms with Gasteiger partial charge in [0.15, 0.2) is 0 Å². The van der Waals surface area contributed by atoms with Crippen molar-refractivity contribution in [1.82, 2.24) is 0 Å². The minimum absolute atomic E-state index is 0.0866. The van der Waals surface area contributed by atoms with Crippen LogP contribution in [0, 0.1) is 10.1 Å². The quantitative estimate of drug-likeness (QED) is 0.537. The van der Waals surface area contributed by atoms with Crippen molar-refractivity contribution in [3.05, 3.63) is 39.9 Å². The topological polar surface area (TPSA) is 95.2 Å². The lowest BCUT2D eigenvalue weighted by molar-refractivity contribution is -0.384. The van der Waals surface area contributed by atoms with E-state index in [2.05, 4.69) is 0 Å². The van der Waals surface area contributed by atoms with Gasteiger partial charge in [0, 0.05) is 24.7 Å². The van der Waals surface area contributed by atoms with Crippen molar-refractivity contribution in [2.75, 3.05) is 6.54 Å². The third-order valence-electron chi connectivity index (χ3n) is 1.95. The van der Waals surface area contributed by atoms with Crippen LogP contribution in [0.4, 0.5) is 5.69 Å². The van der Waals surface area contributed by atoms with E-state index in [1.165, 1.54) is 12.1 Å². The van der Waals surface area contributed by atoms with Crippen LogP contribution in [0.3, 0.4) is 0 Å². The van der Waals surface area contributed by atoms with Gasteiger partial charge in [-0.05, 0) is 12.0 Å². The Morgan fingerprint density at radius 1 is 1.36 bits per heavy atom. The second-order valence-electron chi connectivity index (χ2n) is 3.12. The summed E-state index contributed by atoms with van der Waals surface area (Å²) in [5.74, 6) is 0. The van der Waals surface area contributed by atoms with Crippen molar-refractivity contribution in [2.45, 2.75) is 12.5 Å². The van der Waals surface area contributed by atoms with Crippen LogP contribution in [0.15, 0.2) is 24.3 Å². The molecule has 0 amide bonds. The van der Waals surface area contributed by atoms with E-state index in [0.717, 1.165) is 5.56 Å². The number of hydrogen-bond donors (Lipinski definition) is 2. The fourth-order valence-electron chi connectivity index (χ4n) is 1.14. The van der Waals surface area contributed by atoms with Crippen molar-refractivity contribution in [1.29, 1.82) is 0 Å². The molecule has 0 saturated heterocycles. The van der Waals surface area contributed by atoms with Crippen LogP contribution in [0.1, 0.15) is 5.56 Å². The van der Waals surface area contributed by atoms with Crippen LogP contribution in [-0.4, -0.2) is 17.5 Å². The number of rotatable bonds is 4. The molecule has 1 atom stereocenters. The largest absolute Gasteiger partial charge is 0.329 e. The maximum Gasteiger partial charge on any atom is 0.269 e. The third kappa shape index (κ3) is 2.79. The Kier molecular flexibility index (Phi) is 3.55. The SMILES string of the molecule is NC[C@@H](N)Cc1ccc([N+](=O)[O-])cc1. The van der Waals surface area contributed by atoms with Crippen LogP contribution < -0.4 is 11.5 Å². The Bertz CT molecular complexity index is 310. The summed E-state index contributed by atoms with van der Waals surface area (Å²) in [6.45, 7) is 0.414. The molecule has 0 aliphatic carbocycles. The van der Waals surface area contributed by atoms with Gasteiger partial charge in [-0.15, -0.1) is 0 Å². The van der Waals surface area contributed by atoms with E-state index < -0.39 is 4.92 Å². The summed E-state index contributed by atoms with van der Waals surface area (Å²) in [4.78, 5) is 9.93. The molecule has 1 rings (SSSR count). The summed E-state index contributed by atoms with van der Waals surface area (Å²) in [5, 5.41) is 10.4. The molecule has 0 aliphatic rings. The molecule has 76 valence electrons. The molecule has 0 aliphatic heterocycles. The van der Waals surface area contributed by atoms with E-state index in [9.17, 15) is 10.1 Å². The van der Waals surface area contributed by atoms with Gasteiger partial charge in [0.1, 0.15) is 0 Å². The zero-order chi connectivity index (χ0) is 10.6. The number of nitrogens with two attached hydrogens (primary N) is 2. The summed E-state index contributed by atoms with van der Waals surface area (Å²) in [5.41, 5.74) is 12.1. The van der Waals surface area contributed by atoms with E-state index in [0.29, 0.717) is 13.0 Å². The number of nitro groups is 1. The molecule has 0 unspecified atom stereocenters. The van der Waals surface area contributed by atoms with Gasteiger partial charge in [0.05, 0.1) is 4.92 Å². The van der Waals surface area contributed by atoms with Gasteiger partial charge in [-0.3, -0.25) is 10.1 Å². The van der Waals surface area contributed by atoms with Gasteiger partial charge < -0.3 is 11.5 Å². The molecular formula is C9H13N3O2. The highest BCUT2D eigenvalue weighted by Crippen LogP contribution is 2.12. The monoisotopic (exact) mass is 195 g/mol. The first-order valence-corrected chi connectivity index (χ1v) is 4.32. The highest BCUT2D eigenvalue weighted by atomic mass is 16.6. The summed E-state index contributed by atoms with van der Waals surface area (Å²) < 4.78 is 0. The molecule has 4 N–H and O–H groups in total. The van der Waals surface area contributed by atoms with Gasteiger partial charge in [0.2, 0.25) is 0 Å². The van der Waals surface area contributed by atoms with Gasteiger partial charge in [-0.2, -0.15) is 0 Å². The Morgan fingerprint density at radius 3 is 2.36 bits per heavy atom. The molecule has 0 radical (unpaired) electrons. The molecule has 0 fully saturated rings. The maximum absolute atomic E-state index is 10.4. The van der Waals surface area contributed by atoms with Crippen LogP contribution in [0.2, 0.25) is 0 Å². The normalized spacial score (nSPS) is 12.4. The summed E-state index contributed by atoms with van der Waals surface area (Å²) >= 11 is 0. The molecule has 5 nitrogen and oxygen atoms in total. The van der Waals surface area contributed by atoms with Crippen LogP contribution in [-0.2, 0) is 6.42 Å². The predicted molar refractivity (Wildman–Crippen MR) is 53.8 cm³/mol. The lowest BCUT2D eigenvalue weighted by atomic mass is 10.1. The Balaban J connectivity index is 2.68. The van der Waals surface area contributed by atoms with E-state index in [1.807, 2.05) is 0 Å². The molecule has 0 saturated carbocycles. The first-order valence-electron chi connectivity index (χ1n) is 4.32. The fourth-order valence-corrected chi connectivity index (χ4v) is 1.14. The summed E-state index contributed by atoms with van der Waals surface area (Å²) in [6.07, 6.45) is 0.647. The molecule has 14 heavy (non-hydrogen) atoms. The van der Waals surface area contributed by atoms with E-state index >= 15 is 0 Å². The van der Waals surface area contributed by atoms with Gasteiger partial charge in [0.25, 0.3) is 5.69 Å². The Hall–Kier alpha value is -1.46. The molecule has 0 spiro atoms. The fraction of sp³-hybridized carbons (Fsp3) is 0.333. The Labute approximate surface area is 81.9 Å². The Morgan fingerprint density at radius 2 is 1.93 bits per heavy atom. The van der Waals surface area contributed by atoms with Crippen molar-refractivity contribution in [2.24, 2.45) is 11.5 Å². The number of hydrogen-bond acceptors (Lipinski definition) is 4. The van der Waals surface area contributed by atoms with E-state index in [1.54, 1.807) is 12.1 Å². The molecule has 0 bridgehead atoms. The number of nitro benzene ring substituents is 1. The maximum atomic E-state index is 10.4. The van der Waals surface area contributed by atoms with Crippen molar-refractivity contribution in [3.63, 3.8) is 0 Å². The van der Waals surface area contributed by atoms with Crippen LogP contribution in [0.25, 0.3) is 0 Å². The summed E-state index contributed by atoms with van der Waals surface area (Å²) in [6, 6.07) is 6.26. The molecular weight excluding hydrogens is 182 g/mol. The van der Waals surface area contributed by atoms with Gasteiger partial charge >= 0.3 is 0 Å². The zero-order valence-corrected chi connectivity index (χ0v) is 7.72. The van der Waals surface area contributed by atoms with Crippen molar-refractivity contribution in [3.8, 4) is 0 Å². The second kappa shape index (κ2) is 4.69. The highest BCUT2D eigenvalue weighted by Gasteiger charge is 2.05. The number of nitrogens with zero attached hydrogens (tertiary/aromatic N) is 1. The predicted octanol–water partition coefficient (Wildman–Crippen LogP) is 0.423. The average molecular weight is 195 g/mol. The third-order valence-corrected chi connectivity index (χ3v) is 1.95. The zero-order valence-electron chi connectivity index (χ0n) is 7.72. The number of non-ortho nitro benzene ring substituents is 1. The van der Waals surface area contributed by atoms with Gasteiger partial charge in [-0.25, -0.2) is 0 Å². The van der Waals surface area contributed by atoms with E-state index in [-0.39, 0.29) is 11.7 Å². The molecule has 0 aromatic heterocycles. The summed E-state index contributed by atoms with van der Waals surface area (Å²) in [7, 11) is 0. The molecule has 1 aromatic rings. The first kappa shape index (κ1) is 10.6. The average Bonchev–Trinajstić information content (AvgIpc) is 2.18. The lowest BCUT2D eigenvalue weighted by Gasteiger charge is -2.07.